The molecule has 1 aliphatic carbocycles. The van der Waals surface area contributed by atoms with Crippen LogP contribution in [0.3, 0.4) is 0 Å². The predicted octanol–water partition coefficient (Wildman–Crippen LogP) is 2.91. The van der Waals surface area contributed by atoms with Crippen molar-refractivity contribution in [2.75, 3.05) is 6.61 Å². The summed E-state index contributed by atoms with van der Waals surface area (Å²) in [5.74, 6) is 0.263. The highest BCUT2D eigenvalue weighted by Crippen LogP contribution is 2.33. The van der Waals surface area contributed by atoms with Gasteiger partial charge in [0.05, 0.1) is 6.61 Å². The van der Waals surface area contributed by atoms with Crippen LogP contribution in [0.2, 0.25) is 0 Å². The van der Waals surface area contributed by atoms with Gasteiger partial charge in [-0.05, 0) is 37.0 Å². The van der Waals surface area contributed by atoms with Crippen molar-refractivity contribution in [2.45, 2.75) is 65.8 Å². The van der Waals surface area contributed by atoms with Crippen LogP contribution in [0, 0.1) is 17.8 Å². The molecule has 116 valence electrons. The van der Waals surface area contributed by atoms with Crippen LogP contribution >= 0.6 is 0 Å². The molecule has 1 saturated carbocycles. The Balaban J connectivity index is 2.50. The highest BCUT2D eigenvalue weighted by molar-refractivity contribution is 6.32. The molecular formula is C16H29NO3. The number of nitrogens with one attached hydrogen (secondary N) is 1. The van der Waals surface area contributed by atoms with Crippen LogP contribution in [0.15, 0.2) is 0 Å². The van der Waals surface area contributed by atoms with E-state index in [1.807, 2.05) is 6.92 Å². The smallest absolute Gasteiger partial charge is 0.396 e. The molecule has 0 saturated heterocycles. The van der Waals surface area contributed by atoms with E-state index in [1.54, 1.807) is 0 Å². The molecule has 1 N–H and O–H groups in total. The SMILES string of the molecule is CCCCOC(=O)C(=O)NC1CC(C)CCC1C(C)C. The molecule has 3 atom stereocenters. The Hall–Kier alpha value is -1.06. The lowest BCUT2D eigenvalue weighted by Crippen LogP contribution is -2.48. The lowest BCUT2D eigenvalue weighted by molar-refractivity contribution is -0.155. The van der Waals surface area contributed by atoms with Gasteiger partial charge in [-0.3, -0.25) is 4.79 Å². The first kappa shape index (κ1) is 17.0. The summed E-state index contributed by atoms with van der Waals surface area (Å²) < 4.78 is 4.96. The molecule has 1 fully saturated rings. The maximum atomic E-state index is 11.9. The quantitative estimate of drug-likeness (QED) is 0.479. The Labute approximate surface area is 122 Å². The minimum absolute atomic E-state index is 0.102. The van der Waals surface area contributed by atoms with Crippen molar-refractivity contribution in [3.8, 4) is 0 Å². The van der Waals surface area contributed by atoms with Crippen molar-refractivity contribution in [3.05, 3.63) is 0 Å². The van der Waals surface area contributed by atoms with Crippen LogP contribution in [-0.2, 0) is 14.3 Å². The normalized spacial score (nSPS) is 26.4. The van der Waals surface area contributed by atoms with Gasteiger partial charge in [0, 0.05) is 6.04 Å². The number of amides is 1. The Morgan fingerprint density at radius 1 is 1.30 bits per heavy atom. The Kier molecular flexibility index (Phi) is 7.03. The number of carbonyl (C=O) groups excluding carboxylic acids is 2. The molecule has 0 radical (unpaired) electrons. The van der Waals surface area contributed by atoms with Gasteiger partial charge in [-0.1, -0.05) is 40.5 Å². The third-order valence-electron chi connectivity index (χ3n) is 4.26. The molecule has 0 aromatic carbocycles. The van der Waals surface area contributed by atoms with E-state index in [-0.39, 0.29) is 6.04 Å². The summed E-state index contributed by atoms with van der Waals surface area (Å²) >= 11 is 0. The van der Waals surface area contributed by atoms with Gasteiger partial charge in [-0.2, -0.15) is 0 Å². The highest BCUT2D eigenvalue weighted by atomic mass is 16.5. The molecule has 0 heterocycles. The Morgan fingerprint density at radius 3 is 2.60 bits per heavy atom. The van der Waals surface area contributed by atoms with Gasteiger partial charge in [0.25, 0.3) is 0 Å². The molecule has 20 heavy (non-hydrogen) atoms. The summed E-state index contributed by atoms with van der Waals surface area (Å²) in [6.07, 6.45) is 5.03. The van der Waals surface area contributed by atoms with Crippen LogP contribution in [0.25, 0.3) is 0 Å². The van der Waals surface area contributed by atoms with Gasteiger partial charge >= 0.3 is 11.9 Å². The van der Waals surface area contributed by atoms with Gasteiger partial charge in [0.1, 0.15) is 0 Å². The van der Waals surface area contributed by atoms with Crippen molar-refractivity contribution in [1.29, 1.82) is 0 Å². The molecule has 1 rings (SSSR count). The summed E-state index contributed by atoms with van der Waals surface area (Å²) in [6.45, 7) is 8.91. The zero-order chi connectivity index (χ0) is 15.1. The average Bonchev–Trinajstić information content (AvgIpc) is 2.38. The minimum atomic E-state index is -0.737. The molecular weight excluding hydrogens is 254 g/mol. The molecule has 1 amide bonds. The van der Waals surface area contributed by atoms with Gasteiger partial charge in [0.15, 0.2) is 0 Å². The van der Waals surface area contributed by atoms with E-state index in [4.69, 9.17) is 4.74 Å². The Morgan fingerprint density at radius 2 is 2.00 bits per heavy atom. The molecule has 0 aromatic rings. The standard InChI is InChI=1S/C16H29NO3/c1-5-6-9-20-16(19)15(18)17-14-10-12(4)7-8-13(14)11(2)3/h11-14H,5-10H2,1-4H3,(H,17,18). The topological polar surface area (TPSA) is 55.4 Å². The first-order valence-corrected chi connectivity index (χ1v) is 7.93. The molecule has 0 aliphatic heterocycles. The number of hydrogen-bond acceptors (Lipinski definition) is 3. The molecule has 0 spiro atoms. The van der Waals surface area contributed by atoms with E-state index in [9.17, 15) is 9.59 Å². The lowest BCUT2D eigenvalue weighted by atomic mass is 9.74. The zero-order valence-electron chi connectivity index (χ0n) is 13.3. The number of unbranched alkanes of at least 4 members (excludes halogenated alkanes) is 1. The first-order chi connectivity index (χ1) is 9.45. The van der Waals surface area contributed by atoms with Crippen molar-refractivity contribution in [1.82, 2.24) is 5.32 Å². The van der Waals surface area contributed by atoms with E-state index in [0.717, 1.165) is 25.7 Å². The average molecular weight is 283 g/mol. The number of carbonyl (C=O) groups is 2. The van der Waals surface area contributed by atoms with Crippen LogP contribution in [0.1, 0.15) is 59.8 Å². The predicted molar refractivity (Wildman–Crippen MR) is 79.1 cm³/mol. The van der Waals surface area contributed by atoms with Gasteiger partial charge in [-0.25, -0.2) is 4.79 Å². The fourth-order valence-electron chi connectivity index (χ4n) is 2.97. The second kappa shape index (κ2) is 8.28. The summed E-state index contributed by atoms with van der Waals surface area (Å²) in [6, 6.07) is 0.102. The monoisotopic (exact) mass is 283 g/mol. The van der Waals surface area contributed by atoms with Crippen molar-refractivity contribution in [3.63, 3.8) is 0 Å². The number of rotatable bonds is 5. The number of hydrogen-bond donors (Lipinski definition) is 1. The molecule has 1 aliphatic rings. The Bertz CT molecular complexity index is 328. The van der Waals surface area contributed by atoms with Gasteiger partial charge < -0.3 is 10.1 Å². The number of ether oxygens (including phenoxy) is 1. The van der Waals surface area contributed by atoms with E-state index in [0.29, 0.717) is 24.4 Å². The van der Waals surface area contributed by atoms with E-state index >= 15 is 0 Å². The van der Waals surface area contributed by atoms with Gasteiger partial charge in [0.2, 0.25) is 0 Å². The van der Waals surface area contributed by atoms with Gasteiger partial charge in [-0.15, -0.1) is 0 Å². The lowest BCUT2D eigenvalue weighted by Gasteiger charge is -2.37. The summed E-state index contributed by atoms with van der Waals surface area (Å²) in [7, 11) is 0. The first-order valence-electron chi connectivity index (χ1n) is 7.93. The highest BCUT2D eigenvalue weighted by Gasteiger charge is 2.33. The van der Waals surface area contributed by atoms with Crippen LogP contribution < -0.4 is 5.32 Å². The van der Waals surface area contributed by atoms with Crippen molar-refractivity contribution in [2.24, 2.45) is 17.8 Å². The minimum Gasteiger partial charge on any atom is -0.459 e. The fraction of sp³-hybridized carbons (Fsp3) is 0.875. The number of esters is 1. The maximum Gasteiger partial charge on any atom is 0.396 e. The second-order valence-corrected chi connectivity index (χ2v) is 6.40. The van der Waals surface area contributed by atoms with Crippen LogP contribution in [-0.4, -0.2) is 24.5 Å². The van der Waals surface area contributed by atoms with Crippen LogP contribution in [0.5, 0.6) is 0 Å². The zero-order valence-corrected chi connectivity index (χ0v) is 13.3. The van der Waals surface area contributed by atoms with Crippen molar-refractivity contribution >= 4 is 11.9 Å². The summed E-state index contributed by atoms with van der Waals surface area (Å²) in [5.41, 5.74) is 0. The fourth-order valence-corrected chi connectivity index (χ4v) is 2.97. The third kappa shape index (κ3) is 5.14. The van der Waals surface area contributed by atoms with Crippen LogP contribution in [0.4, 0.5) is 0 Å². The molecule has 3 unspecified atom stereocenters. The van der Waals surface area contributed by atoms with E-state index in [1.165, 1.54) is 6.42 Å². The molecule has 4 heteroatoms. The molecule has 0 aromatic heterocycles. The maximum absolute atomic E-state index is 11.9. The molecule has 4 nitrogen and oxygen atoms in total. The summed E-state index contributed by atoms with van der Waals surface area (Å²) in [4.78, 5) is 23.5. The van der Waals surface area contributed by atoms with Crippen molar-refractivity contribution < 1.29 is 14.3 Å². The van der Waals surface area contributed by atoms with E-state index in [2.05, 4.69) is 26.1 Å². The second-order valence-electron chi connectivity index (χ2n) is 6.40. The third-order valence-corrected chi connectivity index (χ3v) is 4.26. The largest absolute Gasteiger partial charge is 0.459 e. The summed E-state index contributed by atoms with van der Waals surface area (Å²) in [5, 5.41) is 2.89. The van der Waals surface area contributed by atoms with E-state index < -0.39 is 11.9 Å². The molecule has 0 bridgehead atoms.